The first kappa shape index (κ1) is 23.1. The quantitative estimate of drug-likeness (QED) is 0.433. The zero-order chi connectivity index (χ0) is 23.4. The number of hydrogen-bond donors (Lipinski definition) is 1. The maximum atomic E-state index is 12.9. The van der Waals surface area contributed by atoms with E-state index in [2.05, 4.69) is 54.5 Å². The Balaban J connectivity index is 1.57. The number of hydrogen-bond acceptors (Lipinski definition) is 2. The lowest BCUT2D eigenvalue weighted by atomic mass is 9.32. The van der Waals surface area contributed by atoms with Crippen LogP contribution >= 0.6 is 0 Å². The number of Topliss-reactive ketones (excluding diaryl/α,β-unsaturated/α-hetero) is 1. The van der Waals surface area contributed by atoms with E-state index in [4.69, 9.17) is 0 Å². The average molecular weight is 441 g/mol. The molecule has 0 aliphatic heterocycles. The number of carbonyl (C=O) groups excluding carboxylic acids is 1. The number of allylic oxidation sites excluding steroid dienone is 1. The monoisotopic (exact) mass is 440 g/mol. The van der Waals surface area contributed by atoms with Crippen LogP contribution in [0.5, 0.6) is 0 Å². The zero-order valence-corrected chi connectivity index (χ0v) is 21.9. The Bertz CT molecular complexity index is 851. The van der Waals surface area contributed by atoms with Gasteiger partial charge in [0.15, 0.2) is 0 Å². The Hall–Kier alpha value is -0.630. The SMILES string of the molecule is CC1(C)C=C2[C@H]3CC[C@@H]4[C@@]5(C)CCC(=O)C(C)(C)[C@@H]5CC[C@@]4(C)[C@]3(C)CC[C@@]2(CO)CC1. The van der Waals surface area contributed by atoms with Crippen LogP contribution < -0.4 is 0 Å². The van der Waals surface area contributed by atoms with Gasteiger partial charge in [0.05, 0.1) is 6.61 Å². The Kier molecular flexibility index (Phi) is 4.87. The number of carbonyl (C=O) groups is 1. The standard InChI is InChI=1S/C30H48O2/c1-25(2)14-16-30(19-31)17-15-28(6)20(21(30)18-25)8-9-23-27(5)12-11-24(32)26(3,4)22(27)10-13-29(23,28)7/h18,20,22-23,31H,8-17,19H2,1-7H3/t20-,22+,23-,27+,28-,29-,30-/m1/s1. The van der Waals surface area contributed by atoms with E-state index < -0.39 is 0 Å². The van der Waals surface area contributed by atoms with Crippen LogP contribution in [-0.2, 0) is 4.79 Å². The van der Waals surface area contributed by atoms with Crippen molar-refractivity contribution in [1.29, 1.82) is 0 Å². The van der Waals surface area contributed by atoms with Crippen LogP contribution in [0.4, 0.5) is 0 Å². The van der Waals surface area contributed by atoms with Gasteiger partial charge in [-0.3, -0.25) is 4.79 Å². The Labute approximate surface area is 197 Å². The molecule has 4 fully saturated rings. The van der Waals surface area contributed by atoms with Crippen molar-refractivity contribution in [3.05, 3.63) is 11.6 Å². The maximum absolute atomic E-state index is 12.9. The van der Waals surface area contributed by atoms with E-state index in [1.165, 1.54) is 38.5 Å². The van der Waals surface area contributed by atoms with Gasteiger partial charge in [0.25, 0.3) is 0 Å². The summed E-state index contributed by atoms with van der Waals surface area (Å²) in [5.41, 5.74) is 2.67. The molecule has 180 valence electrons. The summed E-state index contributed by atoms with van der Waals surface area (Å²) >= 11 is 0. The molecule has 0 aromatic carbocycles. The number of ketones is 1. The Morgan fingerprint density at radius 1 is 0.812 bits per heavy atom. The van der Waals surface area contributed by atoms with Gasteiger partial charge in [-0.2, -0.15) is 0 Å². The molecule has 0 spiro atoms. The molecule has 5 aliphatic rings. The van der Waals surface area contributed by atoms with Crippen LogP contribution in [0.15, 0.2) is 11.6 Å². The minimum atomic E-state index is -0.166. The summed E-state index contributed by atoms with van der Waals surface area (Å²) < 4.78 is 0. The van der Waals surface area contributed by atoms with Gasteiger partial charge in [-0.15, -0.1) is 0 Å². The molecule has 5 aliphatic carbocycles. The van der Waals surface area contributed by atoms with E-state index in [1.807, 2.05) is 0 Å². The highest BCUT2D eigenvalue weighted by atomic mass is 16.3. The number of rotatable bonds is 1. The maximum Gasteiger partial charge on any atom is 0.138 e. The lowest BCUT2D eigenvalue weighted by molar-refractivity contribution is -0.212. The second kappa shape index (κ2) is 6.73. The molecule has 0 unspecified atom stereocenters. The highest BCUT2D eigenvalue weighted by Crippen LogP contribution is 2.76. The molecule has 4 saturated carbocycles. The Morgan fingerprint density at radius 2 is 1.50 bits per heavy atom. The van der Waals surface area contributed by atoms with Gasteiger partial charge >= 0.3 is 0 Å². The van der Waals surface area contributed by atoms with Gasteiger partial charge in [0.2, 0.25) is 0 Å². The molecular formula is C30H48O2. The predicted molar refractivity (Wildman–Crippen MR) is 131 cm³/mol. The minimum Gasteiger partial charge on any atom is -0.395 e. The second-order valence-corrected chi connectivity index (χ2v) is 14.8. The smallest absolute Gasteiger partial charge is 0.138 e. The molecule has 0 aromatic rings. The predicted octanol–water partition coefficient (Wildman–Crippen LogP) is 7.35. The van der Waals surface area contributed by atoms with Gasteiger partial charge in [-0.25, -0.2) is 0 Å². The normalized spacial score (nSPS) is 51.6. The number of aliphatic hydroxyl groups is 1. The minimum absolute atomic E-state index is 0.0449. The van der Waals surface area contributed by atoms with Crippen molar-refractivity contribution < 1.29 is 9.90 Å². The second-order valence-electron chi connectivity index (χ2n) is 14.8. The molecule has 0 heterocycles. The van der Waals surface area contributed by atoms with E-state index in [0.29, 0.717) is 41.0 Å². The molecule has 0 bridgehead atoms. The summed E-state index contributed by atoms with van der Waals surface area (Å²) in [4.78, 5) is 12.9. The molecule has 2 heteroatoms. The van der Waals surface area contributed by atoms with E-state index in [-0.39, 0.29) is 21.7 Å². The van der Waals surface area contributed by atoms with Gasteiger partial charge in [-0.1, -0.05) is 60.1 Å². The lowest BCUT2D eigenvalue weighted by Gasteiger charge is -2.72. The molecule has 0 amide bonds. The van der Waals surface area contributed by atoms with E-state index >= 15 is 0 Å². The third kappa shape index (κ3) is 2.71. The van der Waals surface area contributed by atoms with Crippen LogP contribution in [-0.4, -0.2) is 17.5 Å². The highest BCUT2D eigenvalue weighted by Gasteiger charge is 2.69. The van der Waals surface area contributed by atoms with E-state index in [0.717, 1.165) is 25.7 Å². The third-order valence-electron chi connectivity index (χ3n) is 12.8. The third-order valence-corrected chi connectivity index (χ3v) is 12.8. The summed E-state index contributed by atoms with van der Waals surface area (Å²) in [6, 6.07) is 0. The van der Waals surface area contributed by atoms with Gasteiger partial charge < -0.3 is 5.11 Å². The summed E-state index contributed by atoms with van der Waals surface area (Å²) in [6.45, 7) is 17.5. The topological polar surface area (TPSA) is 37.3 Å². The zero-order valence-electron chi connectivity index (χ0n) is 21.9. The van der Waals surface area contributed by atoms with Crippen molar-refractivity contribution in [3.63, 3.8) is 0 Å². The number of aliphatic hydroxyl groups excluding tert-OH is 1. The van der Waals surface area contributed by atoms with Gasteiger partial charge in [0.1, 0.15) is 5.78 Å². The summed E-state index contributed by atoms with van der Waals surface area (Å²) in [6.07, 6.45) is 14.3. The molecule has 5 rings (SSSR count). The summed E-state index contributed by atoms with van der Waals surface area (Å²) in [5.74, 6) is 2.36. The first-order valence-corrected chi connectivity index (χ1v) is 13.6. The largest absolute Gasteiger partial charge is 0.395 e. The van der Waals surface area contributed by atoms with Crippen molar-refractivity contribution in [1.82, 2.24) is 0 Å². The van der Waals surface area contributed by atoms with E-state index in [1.54, 1.807) is 5.57 Å². The van der Waals surface area contributed by atoms with Gasteiger partial charge in [0, 0.05) is 17.3 Å². The van der Waals surface area contributed by atoms with E-state index in [9.17, 15) is 9.90 Å². The lowest BCUT2D eigenvalue weighted by Crippen LogP contribution is -2.65. The van der Waals surface area contributed by atoms with Crippen LogP contribution in [0.1, 0.15) is 113 Å². The van der Waals surface area contributed by atoms with Crippen molar-refractivity contribution in [2.24, 2.45) is 50.2 Å². The van der Waals surface area contributed by atoms with Crippen molar-refractivity contribution in [2.45, 2.75) is 113 Å². The van der Waals surface area contributed by atoms with Gasteiger partial charge in [-0.05, 0) is 97.2 Å². The molecule has 1 N–H and O–H groups in total. The summed E-state index contributed by atoms with van der Waals surface area (Å²) in [7, 11) is 0. The Morgan fingerprint density at radius 3 is 2.19 bits per heavy atom. The molecule has 7 atom stereocenters. The first-order valence-electron chi connectivity index (χ1n) is 13.6. The molecule has 0 saturated heterocycles. The van der Waals surface area contributed by atoms with Crippen LogP contribution in [0, 0.1) is 50.2 Å². The molecule has 0 aromatic heterocycles. The summed E-state index contributed by atoms with van der Waals surface area (Å²) in [5, 5.41) is 10.6. The molecule has 0 radical (unpaired) electrons. The van der Waals surface area contributed by atoms with Crippen LogP contribution in [0.3, 0.4) is 0 Å². The van der Waals surface area contributed by atoms with Crippen molar-refractivity contribution in [3.8, 4) is 0 Å². The highest BCUT2D eigenvalue weighted by molar-refractivity contribution is 5.85. The molecule has 2 nitrogen and oxygen atoms in total. The van der Waals surface area contributed by atoms with Crippen molar-refractivity contribution in [2.75, 3.05) is 6.61 Å². The fraction of sp³-hybridized carbons (Fsp3) is 0.900. The fourth-order valence-electron chi connectivity index (χ4n) is 10.5. The fourth-order valence-corrected chi connectivity index (χ4v) is 10.5. The van der Waals surface area contributed by atoms with Crippen molar-refractivity contribution >= 4 is 5.78 Å². The van der Waals surface area contributed by atoms with Crippen LogP contribution in [0.25, 0.3) is 0 Å². The van der Waals surface area contributed by atoms with Crippen LogP contribution in [0.2, 0.25) is 0 Å². The molecule has 32 heavy (non-hydrogen) atoms. The molecular weight excluding hydrogens is 392 g/mol. The first-order chi connectivity index (χ1) is 14.8. The average Bonchev–Trinajstić information content (AvgIpc) is 2.71. The number of fused-ring (bicyclic) bond motifs is 7.